The molecule has 0 aliphatic heterocycles. The summed E-state index contributed by atoms with van der Waals surface area (Å²) in [5.41, 5.74) is 6.96. The van der Waals surface area contributed by atoms with Crippen molar-refractivity contribution in [1.29, 1.82) is 0 Å². The molecule has 0 radical (unpaired) electrons. The fourth-order valence-electron chi connectivity index (χ4n) is 4.10. The Bertz CT molecular complexity index is 1200. The topological polar surface area (TPSA) is 17.8 Å². The van der Waals surface area contributed by atoms with Gasteiger partial charge in [-0.15, -0.1) is 0 Å². The average molecular weight is 389 g/mol. The Hall–Kier alpha value is -3.65. The summed E-state index contributed by atoms with van der Waals surface area (Å²) >= 11 is 0. The van der Waals surface area contributed by atoms with Gasteiger partial charge in [-0.25, -0.2) is 4.98 Å². The van der Waals surface area contributed by atoms with Gasteiger partial charge in [0.1, 0.15) is 5.82 Å². The molecule has 5 rings (SSSR count). The first-order valence-electron chi connectivity index (χ1n) is 10.4. The molecular weight excluding hydrogens is 364 g/mol. The van der Waals surface area contributed by atoms with Crippen LogP contribution in [-0.2, 0) is 0 Å². The SMILES string of the molecule is Cc1ccc(-c2nc(-c3ccccc3)c(C3C=CC=CC3)n2-c2ccccc2)cc1. The van der Waals surface area contributed by atoms with Crippen molar-refractivity contribution in [2.24, 2.45) is 0 Å². The molecule has 4 aromatic rings. The van der Waals surface area contributed by atoms with Gasteiger partial charge in [0.25, 0.3) is 0 Å². The third-order valence-corrected chi connectivity index (χ3v) is 5.62. The first-order valence-corrected chi connectivity index (χ1v) is 10.4. The van der Waals surface area contributed by atoms with Crippen molar-refractivity contribution in [1.82, 2.24) is 9.55 Å². The highest BCUT2D eigenvalue weighted by Crippen LogP contribution is 2.39. The maximum atomic E-state index is 5.24. The molecule has 1 aliphatic rings. The zero-order chi connectivity index (χ0) is 20.3. The van der Waals surface area contributed by atoms with E-state index < -0.39 is 0 Å². The van der Waals surface area contributed by atoms with Crippen LogP contribution < -0.4 is 0 Å². The molecule has 0 saturated carbocycles. The van der Waals surface area contributed by atoms with Crippen LogP contribution in [0.5, 0.6) is 0 Å². The Kier molecular flexibility index (Phi) is 4.90. The molecule has 0 saturated heterocycles. The molecule has 0 fully saturated rings. The first kappa shape index (κ1) is 18.4. The monoisotopic (exact) mass is 388 g/mol. The van der Waals surface area contributed by atoms with Gasteiger partial charge in [0.05, 0.1) is 11.4 Å². The molecule has 1 aromatic heterocycles. The molecule has 3 aromatic carbocycles. The van der Waals surface area contributed by atoms with Crippen molar-refractivity contribution in [2.75, 3.05) is 0 Å². The molecule has 1 atom stereocenters. The summed E-state index contributed by atoms with van der Waals surface area (Å²) in [7, 11) is 0. The van der Waals surface area contributed by atoms with Gasteiger partial charge in [0.2, 0.25) is 0 Å². The van der Waals surface area contributed by atoms with Gasteiger partial charge in [-0.1, -0.05) is 103 Å². The van der Waals surface area contributed by atoms with Gasteiger partial charge in [-0.05, 0) is 25.5 Å². The second kappa shape index (κ2) is 8.00. The zero-order valence-corrected chi connectivity index (χ0v) is 17.1. The number of allylic oxidation sites excluding steroid dienone is 4. The molecule has 2 heteroatoms. The normalized spacial score (nSPS) is 15.4. The quantitative estimate of drug-likeness (QED) is 0.364. The lowest BCUT2D eigenvalue weighted by Gasteiger charge is -2.19. The van der Waals surface area contributed by atoms with E-state index in [4.69, 9.17) is 4.98 Å². The summed E-state index contributed by atoms with van der Waals surface area (Å²) in [6, 6.07) is 29.8. The molecule has 0 spiro atoms. The van der Waals surface area contributed by atoms with Crippen LogP contribution in [0.25, 0.3) is 28.3 Å². The van der Waals surface area contributed by atoms with E-state index in [2.05, 4.69) is 121 Å². The number of aromatic nitrogens is 2. The van der Waals surface area contributed by atoms with Gasteiger partial charge in [-0.3, -0.25) is 4.57 Å². The van der Waals surface area contributed by atoms with Crippen molar-refractivity contribution < 1.29 is 0 Å². The number of benzene rings is 3. The molecule has 146 valence electrons. The first-order chi connectivity index (χ1) is 14.8. The molecule has 0 amide bonds. The summed E-state index contributed by atoms with van der Waals surface area (Å²) in [4.78, 5) is 5.24. The second-order valence-electron chi connectivity index (χ2n) is 7.73. The molecule has 30 heavy (non-hydrogen) atoms. The molecule has 1 aliphatic carbocycles. The Labute approximate surface area is 177 Å². The summed E-state index contributed by atoms with van der Waals surface area (Å²) in [6.45, 7) is 2.12. The lowest BCUT2D eigenvalue weighted by atomic mass is 9.93. The van der Waals surface area contributed by atoms with E-state index in [1.807, 2.05) is 0 Å². The number of imidazole rings is 1. The lowest BCUT2D eigenvalue weighted by molar-refractivity contribution is 0.788. The molecular formula is C28H24N2. The van der Waals surface area contributed by atoms with Crippen LogP contribution in [0.4, 0.5) is 0 Å². The second-order valence-corrected chi connectivity index (χ2v) is 7.73. The maximum absolute atomic E-state index is 5.24. The molecule has 1 heterocycles. The third-order valence-electron chi connectivity index (χ3n) is 5.62. The van der Waals surface area contributed by atoms with Crippen molar-refractivity contribution in [3.05, 3.63) is 120 Å². The molecule has 0 N–H and O–H groups in total. The molecule has 2 nitrogen and oxygen atoms in total. The van der Waals surface area contributed by atoms with Crippen LogP contribution in [-0.4, -0.2) is 9.55 Å². The fraction of sp³-hybridized carbons (Fsp3) is 0.107. The van der Waals surface area contributed by atoms with Crippen LogP contribution in [0.1, 0.15) is 23.6 Å². The van der Waals surface area contributed by atoms with E-state index in [9.17, 15) is 0 Å². The fourth-order valence-corrected chi connectivity index (χ4v) is 4.10. The van der Waals surface area contributed by atoms with Crippen LogP contribution in [0.15, 0.2) is 109 Å². The molecule has 0 bridgehead atoms. The largest absolute Gasteiger partial charge is 0.295 e. The minimum absolute atomic E-state index is 0.275. The van der Waals surface area contributed by atoms with Crippen LogP contribution in [0.2, 0.25) is 0 Å². The number of hydrogen-bond donors (Lipinski definition) is 0. The minimum Gasteiger partial charge on any atom is -0.295 e. The highest BCUT2D eigenvalue weighted by atomic mass is 15.1. The zero-order valence-electron chi connectivity index (χ0n) is 17.1. The van der Waals surface area contributed by atoms with Crippen molar-refractivity contribution in [2.45, 2.75) is 19.3 Å². The lowest BCUT2D eigenvalue weighted by Crippen LogP contribution is -2.08. The van der Waals surface area contributed by atoms with E-state index >= 15 is 0 Å². The smallest absolute Gasteiger partial charge is 0.145 e. The van der Waals surface area contributed by atoms with Crippen molar-refractivity contribution >= 4 is 0 Å². The average Bonchev–Trinajstić information content (AvgIpc) is 3.22. The number of aryl methyl sites for hydroxylation is 1. The van der Waals surface area contributed by atoms with Gasteiger partial charge >= 0.3 is 0 Å². The third kappa shape index (κ3) is 3.42. The van der Waals surface area contributed by atoms with Crippen LogP contribution in [0, 0.1) is 6.92 Å². The maximum Gasteiger partial charge on any atom is 0.145 e. The number of hydrogen-bond acceptors (Lipinski definition) is 1. The van der Waals surface area contributed by atoms with E-state index in [-0.39, 0.29) is 5.92 Å². The Morgan fingerprint density at radius 2 is 1.47 bits per heavy atom. The van der Waals surface area contributed by atoms with E-state index in [1.165, 1.54) is 11.3 Å². The summed E-state index contributed by atoms with van der Waals surface area (Å²) in [5, 5.41) is 0. The van der Waals surface area contributed by atoms with Crippen LogP contribution in [0.3, 0.4) is 0 Å². The van der Waals surface area contributed by atoms with E-state index in [0.717, 1.165) is 34.8 Å². The Balaban J connectivity index is 1.82. The predicted molar refractivity (Wildman–Crippen MR) is 125 cm³/mol. The Morgan fingerprint density at radius 3 is 2.13 bits per heavy atom. The standard InChI is InChI=1S/C28H24N2/c1-21-17-19-24(20-18-21)28-29-26(22-11-5-2-6-12-22)27(23-13-7-3-8-14-23)30(28)25-15-9-4-10-16-25/h2-13,15-20,23H,14H2,1H3. The molecule has 1 unspecified atom stereocenters. The highest BCUT2D eigenvalue weighted by Gasteiger charge is 2.25. The number of rotatable bonds is 4. The summed E-state index contributed by atoms with van der Waals surface area (Å²) in [5.74, 6) is 1.26. The van der Waals surface area contributed by atoms with Crippen molar-refractivity contribution in [3.63, 3.8) is 0 Å². The summed E-state index contributed by atoms with van der Waals surface area (Å²) in [6.07, 6.45) is 9.79. The van der Waals surface area contributed by atoms with Crippen molar-refractivity contribution in [3.8, 4) is 28.3 Å². The highest BCUT2D eigenvalue weighted by molar-refractivity contribution is 5.72. The van der Waals surface area contributed by atoms with Gasteiger partial charge < -0.3 is 0 Å². The van der Waals surface area contributed by atoms with Gasteiger partial charge in [-0.2, -0.15) is 0 Å². The van der Waals surface area contributed by atoms with Crippen LogP contribution >= 0.6 is 0 Å². The van der Waals surface area contributed by atoms with E-state index in [0.29, 0.717) is 0 Å². The predicted octanol–water partition coefficient (Wildman–Crippen LogP) is 7.11. The van der Waals surface area contributed by atoms with Gasteiger partial charge in [0, 0.05) is 22.7 Å². The minimum atomic E-state index is 0.275. The van der Waals surface area contributed by atoms with E-state index in [1.54, 1.807) is 0 Å². The summed E-state index contributed by atoms with van der Waals surface area (Å²) < 4.78 is 2.35. The number of nitrogens with zero attached hydrogens (tertiary/aromatic N) is 2. The number of para-hydroxylation sites is 1. The van der Waals surface area contributed by atoms with Gasteiger partial charge in [0.15, 0.2) is 0 Å². The Morgan fingerprint density at radius 1 is 0.767 bits per heavy atom.